The highest BCUT2D eigenvalue weighted by Gasteiger charge is 2.26. The monoisotopic (exact) mass is 414 g/mol. The van der Waals surface area contributed by atoms with Crippen molar-refractivity contribution in [3.05, 3.63) is 70.2 Å². The van der Waals surface area contributed by atoms with Crippen LogP contribution in [0.5, 0.6) is 0 Å². The summed E-state index contributed by atoms with van der Waals surface area (Å²) < 4.78 is 0. The summed E-state index contributed by atoms with van der Waals surface area (Å²) in [7, 11) is 0. The quantitative estimate of drug-likeness (QED) is 0.561. The number of hydrogen-bond donors (Lipinski definition) is 1. The van der Waals surface area contributed by atoms with Crippen molar-refractivity contribution in [2.24, 2.45) is 0 Å². The zero-order valence-electron chi connectivity index (χ0n) is 17.6. The molecule has 29 heavy (non-hydrogen) atoms. The summed E-state index contributed by atoms with van der Waals surface area (Å²) in [5, 5.41) is 3.61. The van der Waals surface area contributed by atoms with Crippen LogP contribution in [0, 0.1) is 6.92 Å². The van der Waals surface area contributed by atoms with Crippen molar-refractivity contribution in [3.63, 3.8) is 0 Å². The van der Waals surface area contributed by atoms with E-state index in [4.69, 9.17) is 11.6 Å². The Morgan fingerprint density at radius 1 is 1.07 bits per heavy atom. The van der Waals surface area contributed by atoms with Crippen molar-refractivity contribution in [1.29, 1.82) is 0 Å². The molecule has 0 saturated heterocycles. The topological polar surface area (TPSA) is 49.4 Å². The third kappa shape index (κ3) is 6.90. The second kappa shape index (κ2) is 11.6. The molecule has 0 bridgehead atoms. The molecule has 2 amide bonds. The van der Waals surface area contributed by atoms with Gasteiger partial charge < -0.3 is 10.2 Å². The first-order valence-corrected chi connectivity index (χ1v) is 10.7. The second-order valence-electron chi connectivity index (χ2n) is 7.36. The highest BCUT2D eigenvalue weighted by molar-refractivity contribution is 6.31. The van der Waals surface area contributed by atoms with Gasteiger partial charge in [-0.2, -0.15) is 0 Å². The molecule has 0 unspecified atom stereocenters. The van der Waals surface area contributed by atoms with Gasteiger partial charge >= 0.3 is 0 Å². The van der Waals surface area contributed by atoms with Gasteiger partial charge in [0.25, 0.3) is 0 Å². The predicted octanol–water partition coefficient (Wildman–Crippen LogP) is 4.91. The van der Waals surface area contributed by atoms with E-state index >= 15 is 0 Å². The lowest BCUT2D eigenvalue weighted by Gasteiger charge is -2.29. The van der Waals surface area contributed by atoms with Crippen LogP contribution in [0.25, 0.3) is 0 Å². The fraction of sp³-hybridized carbons (Fsp3) is 0.417. The molecule has 0 radical (unpaired) electrons. The van der Waals surface area contributed by atoms with E-state index in [1.165, 1.54) is 0 Å². The van der Waals surface area contributed by atoms with Gasteiger partial charge in [-0.3, -0.25) is 9.59 Å². The third-order valence-corrected chi connectivity index (χ3v) is 5.53. The van der Waals surface area contributed by atoms with E-state index in [9.17, 15) is 9.59 Å². The van der Waals surface area contributed by atoms with Crippen LogP contribution in [0.4, 0.5) is 0 Å². The third-order valence-electron chi connectivity index (χ3n) is 5.16. The van der Waals surface area contributed by atoms with E-state index in [0.29, 0.717) is 31.0 Å². The zero-order valence-corrected chi connectivity index (χ0v) is 18.3. The number of unbranched alkanes of at least 4 members (excludes halogenated alkanes) is 1. The number of benzene rings is 2. The van der Waals surface area contributed by atoms with Gasteiger partial charge in [0.05, 0.1) is 0 Å². The summed E-state index contributed by atoms with van der Waals surface area (Å²) in [5.41, 5.74) is 3.10. The molecular weight excluding hydrogens is 384 g/mol. The van der Waals surface area contributed by atoms with E-state index in [1.54, 1.807) is 11.8 Å². The minimum atomic E-state index is -0.537. The van der Waals surface area contributed by atoms with Crippen LogP contribution < -0.4 is 5.32 Å². The predicted molar refractivity (Wildman–Crippen MR) is 119 cm³/mol. The highest BCUT2D eigenvalue weighted by Crippen LogP contribution is 2.19. The van der Waals surface area contributed by atoms with Gasteiger partial charge in [-0.1, -0.05) is 67.4 Å². The van der Waals surface area contributed by atoms with Gasteiger partial charge in [-0.15, -0.1) is 0 Å². The molecule has 0 aromatic heterocycles. The normalized spacial score (nSPS) is 11.7. The Labute approximate surface area is 179 Å². The number of nitrogens with zero attached hydrogens (tertiary/aromatic N) is 1. The van der Waals surface area contributed by atoms with Crippen LogP contribution in [-0.4, -0.2) is 29.3 Å². The summed E-state index contributed by atoms with van der Waals surface area (Å²) in [5.74, 6) is -0.163. The van der Waals surface area contributed by atoms with Crippen molar-refractivity contribution >= 4 is 23.4 Å². The first kappa shape index (κ1) is 23.0. The Morgan fingerprint density at radius 3 is 2.38 bits per heavy atom. The molecule has 0 saturated carbocycles. The van der Waals surface area contributed by atoms with E-state index in [1.807, 2.05) is 55.5 Å². The van der Waals surface area contributed by atoms with E-state index in [2.05, 4.69) is 12.2 Å². The van der Waals surface area contributed by atoms with Crippen LogP contribution in [-0.2, 0) is 22.6 Å². The highest BCUT2D eigenvalue weighted by atomic mass is 35.5. The average Bonchev–Trinajstić information content (AvgIpc) is 2.72. The molecule has 0 aliphatic carbocycles. The zero-order chi connectivity index (χ0) is 21.2. The Kier molecular flexibility index (Phi) is 9.20. The molecule has 5 heteroatoms. The number of amides is 2. The lowest BCUT2D eigenvalue weighted by molar-refractivity contribution is -0.140. The molecular formula is C24H31ClN2O2. The number of hydrogen-bond acceptors (Lipinski definition) is 2. The Bertz CT molecular complexity index is 822. The van der Waals surface area contributed by atoms with Crippen LogP contribution in [0.3, 0.4) is 0 Å². The summed E-state index contributed by atoms with van der Waals surface area (Å²) in [6.45, 7) is 6.95. The molecule has 0 heterocycles. The molecule has 156 valence electrons. The molecule has 0 aliphatic rings. The second-order valence-corrected chi connectivity index (χ2v) is 7.77. The first-order chi connectivity index (χ1) is 13.9. The van der Waals surface area contributed by atoms with E-state index in [0.717, 1.165) is 29.5 Å². The van der Waals surface area contributed by atoms with Gasteiger partial charge in [0.2, 0.25) is 11.8 Å². The summed E-state index contributed by atoms with van der Waals surface area (Å²) >= 11 is 6.23. The van der Waals surface area contributed by atoms with E-state index in [-0.39, 0.29) is 11.8 Å². The summed E-state index contributed by atoms with van der Waals surface area (Å²) in [6.07, 6.45) is 2.80. The smallest absolute Gasteiger partial charge is 0.242 e. The standard InChI is InChI=1S/C24H31ClN2O2/c1-4-5-16-26-24(29)19(3)27(17-21-12-7-6-10-18(21)2)23(28)15-14-20-11-8-9-13-22(20)25/h6-13,19H,4-5,14-17H2,1-3H3,(H,26,29)/t19-/m1/s1. The van der Waals surface area contributed by atoms with Crippen molar-refractivity contribution in [3.8, 4) is 0 Å². The SMILES string of the molecule is CCCCNC(=O)[C@@H](C)N(Cc1ccccc1C)C(=O)CCc1ccccc1Cl. The van der Waals surface area contributed by atoms with Gasteiger partial charge in [0.1, 0.15) is 6.04 Å². The molecule has 2 aromatic carbocycles. The van der Waals surface area contributed by atoms with Crippen LogP contribution >= 0.6 is 11.6 Å². The van der Waals surface area contributed by atoms with Gasteiger partial charge in [-0.25, -0.2) is 0 Å². The van der Waals surface area contributed by atoms with Crippen molar-refractivity contribution in [2.75, 3.05) is 6.54 Å². The fourth-order valence-electron chi connectivity index (χ4n) is 3.18. The fourth-order valence-corrected chi connectivity index (χ4v) is 3.41. The van der Waals surface area contributed by atoms with Crippen molar-refractivity contribution < 1.29 is 9.59 Å². The number of carbonyl (C=O) groups is 2. The van der Waals surface area contributed by atoms with Gasteiger partial charge in [0, 0.05) is 24.5 Å². The largest absolute Gasteiger partial charge is 0.354 e. The molecule has 0 aliphatic heterocycles. The first-order valence-electron chi connectivity index (χ1n) is 10.3. The van der Waals surface area contributed by atoms with Crippen LogP contribution in [0.15, 0.2) is 48.5 Å². The van der Waals surface area contributed by atoms with E-state index < -0.39 is 6.04 Å². The van der Waals surface area contributed by atoms with Gasteiger partial charge in [0.15, 0.2) is 0 Å². The van der Waals surface area contributed by atoms with Crippen LogP contribution in [0.2, 0.25) is 5.02 Å². The number of halogens is 1. The maximum Gasteiger partial charge on any atom is 0.242 e. The lowest BCUT2D eigenvalue weighted by Crippen LogP contribution is -2.48. The summed E-state index contributed by atoms with van der Waals surface area (Å²) in [4.78, 5) is 27.4. The molecule has 0 fully saturated rings. The molecule has 0 spiro atoms. The van der Waals surface area contributed by atoms with Gasteiger partial charge in [-0.05, 0) is 49.4 Å². The maximum absolute atomic E-state index is 13.1. The maximum atomic E-state index is 13.1. The Hall–Kier alpha value is -2.33. The molecule has 2 aromatic rings. The lowest BCUT2D eigenvalue weighted by atomic mass is 10.1. The Balaban J connectivity index is 2.14. The number of aryl methyl sites for hydroxylation is 2. The number of carbonyl (C=O) groups excluding carboxylic acids is 2. The minimum Gasteiger partial charge on any atom is -0.354 e. The van der Waals surface area contributed by atoms with Crippen LogP contribution in [0.1, 0.15) is 49.8 Å². The van der Waals surface area contributed by atoms with Crippen molar-refractivity contribution in [2.45, 2.75) is 59.0 Å². The molecule has 1 atom stereocenters. The molecule has 4 nitrogen and oxygen atoms in total. The molecule has 1 N–H and O–H groups in total. The number of nitrogens with one attached hydrogen (secondary N) is 1. The number of rotatable bonds is 10. The molecule has 2 rings (SSSR count). The summed E-state index contributed by atoms with van der Waals surface area (Å²) in [6, 6.07) is 15.0. The Morgan fingerprint density at radius 2 is 1.72 bits per heavy atom. The minimum absolute atomic E-state index is 0.0497. The van der Waals surface area contributed by atoms with Crippen molar-refractivity contribution in [1.82, 2.24) is 10.2 Å². The average molecular weight is 415 g/mol.